The molecule has 0 spiro atoms. The standard InChI is InChI=1S/C13H18O3S/c1-15-8-9-16-7-2-10-17-13-5-3-12(11-14)4-6-13/h3-6,11H,2,7-10H2,1H3. The Morgan fingerprint density at radius 1 is 1.18 bits per heavy atom. The Bertz CT molecular complexity index is 311. The van der Waals surface area contributed by atoms with Crippen molar-refractivity contribution in [1.82, 2.24) is 0 Å². The van der Waals surface area contributed by atoms with Crippen molar-refractivity contribution in [3.8, 4) is 0 Å². The van der Waals surface area contributed by atoms with Crippen LogP contribution >= 0.6 is 11.8 Å². The number of carbonyl (C=O) groups excluding carboxylic acids is 1. The van der Waals surface area contributed by atoms with Crippen LogP contribution in [0.15, 0.2) is 29.2 Å². The number of methoxy groups -OCH3 is 1. The fraction of sp³-hybridized carbons (Fsp3) is 0.462. The first-order valence-corrected chi connectivity index (χ1v) is 6.60. The minimum atomic E-state index is 0.653. The average Bonchev–Trinajstić information content (AvgIpc) is 2.38. The van der Waals surface area contributed by atoms with E-state index in [-0.39, 0.29) is 0 Å². The van der Waals surface area contributed by atoms with Crippen molar-refractivity contribution in [2.75, 3.05) is 32.7 Å². The van der Waals surface area contributed by atoms with Gasteiger partial charge in [-0.05, 0) is 18.6 Å². The molecule has 0 bridgehead atoms. The van der Waals surface area contributed by atoms with Crippen LogP contribution in [0.2, 0.25) is 0 Å². The zero-order valence-corrected chi connectivity index (χ0v) is 10.9. The predicted molar refractivity (Wildman–Crippen MR) is 69.9 cm³/mol. The summed E-state index contributed by atoms with van der Waals surface area (Å²) in [5.41, 5.74) is 0.720. The van der Waals surface area contributed by atoms with Crippen molar-refractivity contribution in [2.45, 2.75) is 11.3 Å². The zero-order chi connectivity index (χ0) is 12.3. The van der Waals surface area contributed by atoms with Gasteiger partial charge in [0.05, 0.1) is 13.2 Å². The van der Waals surface area contributed by atoms with Gasteiger partial charge in [-0.3, -0.25) is 4.79 Å². The van der Waals surface area contributed by atoms with Gasteiger partial charge >= 0.3 is 0 Å². The second kappa shape index (κ2) is 9.22. The summed E-state index contributed by atoms with van der Waals surface area (Å²) in [6.45, 7) is 2.08. The van der Waals surface area contributed by atoms with E-state index in [1.165, 1.54) is 4.90 Å². The second-order valence-corrected chi connectivity index (χ2v) is 4.66. The lowest BCUT2D eigenvalue weighted by molar-refractivity contribution is 0.0713. The molecule has 0 heterocycles. The summed E-state index contributed by atoms with van der Waals surface area (Å²) in [6.07, 6.45) is 1.88. The molecule has 0 radical (unpaired) electrons. The number of benzene rings is 1. The number of rotatable bonds is 9. The molecule has 1 rings (SSSR count). The van der Waals surface area contributed by atoms with Crippen LogP contribution in [-0.4, -0.2) is 39.0 Å². The van der Waals surface area contributed by atoms with Crippen LogP contribution in [0.3, 0.4) is 0 Å². The lowest BCUT2D eigenvalue weighted by Gasteiger charge is -2.04. The first kappa shape index (κ1) is 14.2. The van der Waals surface area contributed by atoms with Crippen molar-refractivity contribution >= 4 is 18.0 Å². The van der Waals surface area contributed by atoms with E-state index >= 15 is 0 Å². The fourth-order valence-corrected chi connectivity index (χ4v) is 2.06. The van der Waals surface area contributed by atoms with Gasteiger partial charge in [-0.2, -0.15) is 0 Å². The van der Waals surface area contributed by atoms with Crippen LogP contribution < -0.4 is 0 Å². The zero-order valence-electron chi connectivity index (χ0n) is 10.1. The molecule has 3 nitrogen and oxygen atoms in total. The summed E-state index contributed by atoms with van der Waals surface area (Å²) < 4.78 is 10.2. The Labute approximate surface area is 106 Å². The number of carbonyl (C=O) groups is 1. The maximum Gasteiger partial charge on any atom is 0.150 e. The van der Waals surface area contributed by atoms with Crippen LogP contribution in [0, 0.1) is 0 Å². The number of hydrogen-bond acceptors (Lipinski definition) is 4. The topological polar surface area (TPSA) is 35.5 Å². The molecule has 0 saturated heterocycles. The average molecular weight is 254 g/mol. The minimum absolute atomic E-state index is 0.653. The summed E-state index contributed by atoms with van der Waals surface area (Å²) in [4.78, 5) is 11.7. The molecule has 1 aromatic carbocycles. The first-order valence-electron chi connectivity index (χ1n) is 5.61. The van der Waals surface area contributed by atoms with Gasteiger partial charge in [0.2, 0.25) is 0 Å². The summed E-state index contributed by atoms with van der Waals surface area (Å²) in [5, 5.41) is 0. The van der Waals surface area contributed by atoms with Gasteiger partial charge in [-0.25, -0.2) is 0 Å². The largest absolute Gasteiger partial charge is 0.382 e. The van der Waals surface area contributed by atoms with E-state index in [2.05, 4.69) is 0 Å². The van der Waals surface area contributed by atoms with E-state index in [0.717, 1.165) is 30.6 Å². The number of hydrogen-bond donors (Lipinski definition) is 0. The third-order valence-corrected chi connectivity index (χ3v) is 3.25. The van der Waals surface area contributed by atoms with Crippen LogP contribution in [0.1, 0.15) is 16.8 Å². The van der Waals surface area contributed by atoms with E-state index < -0.39 is 0 Å². The third kappa shape index (κ3) is 6.46. The maximum atomic E-state index is 10.5. The highest BCUT2D eigenvalue weighted by Gasteiger charge is 1.95. The van der Waals surface area contributed by atoms with E-state index in [9.17, 15) is 4.79 Å². The molecule has 0 aliphatic rings. The van der Waals surface area contributed by atoms with Crippen molar-refractivity contribution in [3.63, 3.8) is 0 Å². The molecule has 0 saturated carbocycles. The van der Waals surface area contributed by atoms with E-state index in [1.54, 1.807) is 18.9 Å². The normalized spacial score (nSPS) is 10.4. The van der Waals surface area contributed by atoms with E-state index in [0.29, 0.717) is 13.2 Å². The molecular weight excluding hydrogens is 236 g/mol. The molecule has 94 valence electrons. The quantitative estimate of drug-likeness (QED) is 0.385. The van der Waals surface area contributed by atoms with Crippen molar-refractivity contribution < 1.29 is 14.3 Å². The monoisotopic (exact) mass is 254 g/mol. The third-order valence-electron chi connectivity index (χ3n) is 2.15. The highest BCUT2D eigenvalue weighted by atomic mass is 32.2. The minimum Gasteiger partial charge on any atom is -0.382 e. The summed E-state index contributed by atoms with van der Waals surface area (Å²) in [7, 11) is 1.67. The van der Waals surface area contributed by atoms with Crippen LogP contribution in [0.5, 0.6) is 0 Å². The first-order chi connectivity index (χ1) is 8.36. The Kier molecular flexibility index (Phi) is 7.71. The highest BCUT2D eigenvalue weighted by molar-refractivity contribution is 7.99. The molecule has 1 aromatic rings. The molecule has 0 aromatic heterocycles. The summed E-state index contributed by atoms with van der Waals surface area (Å²) in [6, 6.07) is 7.62. The Morgan fingerprint density at radius 3 is 2.59 bits per heavy atom. The van der Waals surface area contributed by atoms with Gasteiger partial charge < -0.3 is 9.47 Å². The molecule has 0 fully saturated rings. The van der Waals surface area contributed by atoms with E-state index in [1.807, 2.05) is 24.3 Å². The van der Waals surface area contributed by atoms with Gasteiger partial charge in [0.15, 0.2) is 0 Å². The van der Waals surface area contributed by atoms with Crippen LogP contribution in [0.25, 0.3) is 0 Å². The molecular formula is C13H18O3S. The van der Waals surface area contributed by atoms with Gasteiger partial charge in [0.25, 0.3) is 0 Å². The van der Waals surface area contributed by atoms with Gasteiger partial charge in [-0.15, -0.1) is 11.8 Å². The lowest BCUT2D eigenvalue weighted by Crippen LogP contribution is -2.03. The molecule has 0 amide bonds. The lowest BCUT2D eigenvalue weighted by atomic mass is 10.2. The molecule has 17 heavy (non-hydrogen) atoms. The van der Waals surface area contributed by atoms with Gasteiger partial charge in [0, 0.05) is 29.9 Å². The molecule has 4 heteroatoms. The predicted octanol–water partition coefficient (Wildman–Crippen LogP) is 2.64. The van der Waals surface area contributed by atoms with E-state index in [4.69, 9.17) is 9.47 Å². The Morgan fingerprint density at radius 2 is 1.94 bits per heavy atom. The fourth-order valence-electron chi connectivity index (χ4n) is 1.24. The molecule has 0 N–H and O–H groups in total. The number of thioether (sulfide) groups is 1. The van der Waals surface area contributed by atoms with Crippen LogP contribution in [0.4, 0.5) is 0 Å². The van der Waals surface area contributed by atoms with Gasteiger partial charge in [0.1, 0.15) is 6.29 Å². The number of aldehydes is 1. The Balaban J connectivity index is 2.07. The van der Waals surface area contributed by atoms with Crippen molar-refractivity contribution in [1.29, 1.82) is 0 Å². The van der Waals surface area contributed by atoms with Crippen molar-refractivity contribution in [2.24, 2.45) is 0 Å². The maximum absolute atomic E-state index is 10.5. The summed E-state index contributed by atoms with van der Waals surface area (Å²) in [5.74, 6) is 1.02. The summed E-state index contributed by atoms with van der Waals surface area (Å²) >= 11 is 1.78. The second-order valence-electron chi connectivity index (χ2n) is 3.49. The van der Waals surface area contributed by atoms with Crippen LogP contribution in [-0.2, 0) is 9.47 Å². The molecule has 0 aliphatic carbocycles. The smallest absolute Gasteiger partial charge is 0.150 e. The molecule has 0 unspecified atom stereocenters. The number of ether oxygens (including phenoxy) is 2. The van der Waals surface area contributed by atoms with Gasteiger partial charge in [-0.1, -0.05) is 12.1 Å². The highest BCUT2D eigenvalue weighted by Crippen LogP contribution is 2.18. The Hall–Kier alpha value is -0.840. The SMILES string of the molecule is COCCOCCCSc1ccc(C=O)cc1. The molecule has 0 aliphatic heterocycles. The molecule has 0 atom stereocenters. The van der Waals surface area contributed by atoms with Crippen molar-refractivity contribution in [3.05, 3.63) is 29.8 Å².